The summed E-state index contributed by atoms with van der Waals surface area (Å²) in [6.07, 6.45) is 4.45. The number of benzene rings is 1. The Hall–Kier alpha value is -4.19. The van der Waals surface area contributed by atoms with Crippen molar-refractivity contribution in [2.75, 3.05) is 69.4 Å². The molecule has 40 heavy (non-hydrogen) atoms. The van der Waals surface area contributed by atoms with Crippen molar-refractivity contribution in [3.8, 4) is 5.75 Å². The van der Waals surface area contributed by atoms with Crippen LogP contribution in [-0.2, 0) is 9.47 Å². The maximum atomic E-state index is 12.9. The summed E-state index contributed by atoms with van der Waals surface area (Å²) in [6, 6.07) is 9.46. The number of ether oxygens (including phenoxy) is 3. The summed E-state index contributed by atoms with van der Waals surface area (Å²) in [6.45, 7) is 7.06. The van der Waals surface area contributed by atoms with Crippen LogP contribution in [0.3, 0.4) is 0 Å². The maximum absolute atomic E-state index is 12.9. The zero-order chi connectivity index (χ0) is 27.7. The van der Waals surface area contributed by atoms with E-state index < -0.39 is 6.09 Å². The van der Waals surface area contributed by atoms with Crippen LogP contribution in [0.1, 0.15) is 31.4 Å². The zero-order valence-electron chi connectivity index (χ0n) is 22.7. The van der Waals surface area contributed by atoms with Gasteiger partial charge in [-0.15, -0.1) is 0 Å². The number of piperidine rings is 1. The van der Waals surface area contributed by atoms with Gasteiger partial charge in [0.2, 0.25) is 0 Å². The smallest absolute Gasteiger partial charge is 0.407 e. The average Bonchev–Trinajstić information content (AvgIpc) is 3.00. The molecule has 1 aromatic carbocycles. The first kappa shape index (κ1) is 27.4. The number of rotatable bonds is 8. The fourth-order valence-electron chi connectivity index (χ4n) is 4.97. The van der Waals surface area contributed by atoms with E-state index in [1.165, 1.54) is 0 Å². The third-order valence-electron chi connectivity index (χ3n) is 7.06. The van der Waals surface area contributed by atoms with Crippen LogP contribution in [-0.4, -0.2) is 91.1 Å². The first-order valence-corrected chi connectivity index (χ1v) is 13.7. The van der Waals surface area contributed by atoms with Crippen LogP contribution in [0.5, 0.6) is 5.75 Å². The lowest BCUT2D eigenvalue weighted by atomic mass is 9.91. The Morgan fingerprint density at radius 3 is 2.62 bits per heavy atom. The summed E-state index contributed by atoms with van der Waals surface area (Å²) in [5.74, 6) is 1.79. The molecule has 0 bridgehead atoms. The molecule has 0 atom stereocenters. The van der Waals surface area contributed by atoms with Crippen LogP contribution < -0.4 is 20.3 Å². The van der Waals surface area contributed by atoms with E-state index in [-0.39, 0.29) is 11.9 Å². The van der Waals surface area contributed by atoms with Gasteiger partial charge in [-0.3, -0.25) is 0 Å². The molecule has 3 amide bonds. The number of amides is 3. The van der Waals surface area contributed by atoms with E-state index in [1.807, 2.05) is 35.2 Å². The summed E-state index contributed by atoms with van der Waals surface area (Å²) in [7, 11) is 0. The quantitative estimate of drug-likeness (QED) is 0.406. The third-order valence-corrected chi connectivity index (χ3v) is 7.06. The van der Waals surface area contributed by atoms with Crippen molar-refractivity contribution < 1.29 is 23.8 Å². The Labute approximate surface area is 233 Å². The molecule has 2 N–H and O–H groups in total. The third kappa shape index (κ3) is 6.87. The van der Waals surface area contributed by atoms with E-state index in [0.717, 1.165) is 48.3 Å². The van der Waals surface area contributed by atoms with E-state index in [4.69, 9.17) is 14.2 Å². The van der Waals surface area contributed by atoms with Gasteiger partial charge in [0.05, 0.1) is 49.5 Å². The number of aromatic nitrogens is 3. The number of nitrogens with one attached hydrogen (secondary N) is 2. The molecule has 12 heteroatoms. The number of pyridine rings is 1. The number of carbonyl (C=O) groups is 2. The normalized spacial score (nSPS) is 16.0. The molecule has 2 aliphatic heterocycles. The van der Waals surface area contributed by atoms with Gasteiger partial charge >= 0.3 is 12.1 Å². The number of fused-ring (bicyclic) bond motifs is 1. The highest BCUT2D eigenvalue weighted by molar-refractivity contribution is 5.89. The number of hydrogen-bond donors (Lipinski definition) is 2. The Kier molecular flexibility index (Phi) is 9.07. The van der Waals surface area contributed by atoms with E-state index in [2.05, 4.69) is 30.5 Å². The molecule has 4 heterocycles. The first-order valence-electron chi connectivity index (χ1n) is 13.7. The van der Waals surface area contributed by atoms with Crippen LogP contribution in [0.2, 0.25) is 0 Å². The topological polar surface area (TPSA) is 131 Å². The molecule has 3 aromatic rings. The van der Waals surface area contributed by atoms with Crippen molar-refractivity contribution in [1.82, 2.24) is 25.2 Å². The van der Waals surface area contributed by atoms with Crippen molar-refractivity contribution in [3.05, 3.63) is 48.5 Å². The zero-order valence-corrected chi connectivity index (χ0v) is 22.7. The van der Waals surface area contributed by atoms with Gasteiger partial charge in [-0.05, 0) is 44.0 Å². The van der Waals surface area contributed by atoms with Crippen molar-refractivity contribution in [1.29, 1.82) is 0 Å². The molecule has 0 unspecified atom stereocenters. The van der Waals surface area contributed by atoms with Crippen molar-refractivity contribution in [2.45, 2.75) is 25.7 Å². The largest absolute Gasteiger partial charge is 0.492 e. The van der Waals surface area contributed by atoms with Gasteiger partial charge in [0, 0.05) is 43.5 Å². The Morgan fingerprint density at radius 2 is 1.88 bits per heavy atom. The highest BCUT2D eigenvalue weighted by Gasteiger charge is 2.26. The Bertz CT molecular complexity index is 1290. The molecule has 0 saturated carbocycles. The summed E-state index contributed by atoms with van der Waals surface area (Å²) in [4.78, 5) is 41.9. The van der Waals surface area contributed by atoms with Crippen LogP contribution in [0, 0.1) is 0 Å². The predicted molar refractivity (Wildman–Crippen MR) is 150 cm³/mol. The number of alkyl carbamates (subject to hydrolysis) is 1. The number of morpholine rings is 1. The van der Waals surface area contributed by atoms with Gasteiger partial charge in [-0.25, -0.2) is 24.5 Å². The number of likely N-dealkylation sites (tertiary alicyclic amines) is 1. The summed E-state index contributed by atoms with van der Waals surface area (Å²) < 4.78 is 16.0. The monoisotopic (exact) mass is 549 g/mol. The molecule has 12 nitrogen and oxygen atoms in total. The second-order valence-electron chi connectivity index (χ2n) is 9.63. The molecule has 2 aliphatic rings. The lowest BCUT2D eigenvalue weighted by Crippen LogP contribution is -2.40. The summed E-state index contributed by atoms with van der Waals surface area (Å²) in [5.41, 5.74) is 2.47. The minimum atomic E-state index is -0.458. The predicted octanol–water partition coefficient (Wildman–Crippen LogP) is 3.40. The molecule has 0 spiro atoms. The van der Waals surface area contributed by atoms with Crippen LogP contribution in [0.4, 0.5) is 21.1 Å². The lowest BCUT2D eigenvalue weighted by molar-refractivity contribution is 0.122. The minimum Gasteiger partial charge on any atom is -0.492 e. The summed E-state index contributed by atoms with van der Waals surface area (Å²) >= 11 is 0. The highest BCUT2D eigenvalue weighted by atomic mass is 16.5. The fraction of sp³-hybridized carbons (Fsp3) is 0.464. The second kappa shape index (κ2) is 13.2. The van der Waals surface area contributed by atoms with Gasteiger partial charge < -0.3 is 34.6 Å². The van der Waals surface area contributed by atoms with Crippen LogP contribution in [0.15, 0.2) is 42.9 Å². The highest BCUT2D eigenvalue weighted by Crippen LogP contribution is 2.32. The lowest BCUT2D eigenvalue weighted by Gasteiger charge is -2.32. The molecule has 0 radical (unpaired) electrons. The van der Waals surface area contributed by atoms with E-state index in [9.17, 15) is 9.59 Å². The fourth-order valence-corrected chi connectivity index (χ4v) is 4.97. The minimum absolute atomic E-state index is 0.119. The molecule has 5 rings (SSSR count). The molecular formula is C28H35N7O5. The van der Waals surface area contributed by atoms with Gasteiger partial charge in [-0.1, -0.05) is 0 Å². The van der Waals surface area contributed by atoms with Gasteiger partial charge in [0.25, 0.3) is 0 Å². The van der Waals surface area contributed by atoms with Crippen molar-refractivity contribution in [2.24, 2.45) is 0 Å². The second-order valence-corrected chi connectivity index (χ2v) is 9.63. The van der Waals surface area contributed by atoms with Crippen LogP contribution >= 0.6 is 0 Å². The SMILES string of the molecule is CCOC(=O)NCCOc1ccc2c(C3CCN(C(=O)Nc4ccc(N5CCOCC5)nc4)CC3)ncnc2c1. The van der Waals surface area contributed by atoms with Gasteiger partial charge in [0.1, 0.15) is 24.5 Å². The maximum Gasteiger partial charge on any atom is 0.407 e. The van der Waals surface area contributed by atoms with Crippen molar-refractivity contribution in [3.63, 3.8) is 0 Å². The van der Waals surface area contributed by atoms with E-state index >= 15 is 0 Å². The van der Waals surface area contributed by atoms with Crippen LogP contribution in [0.25, 0.3) is 10.9 Å². The number of hydrogen-bond acceptors (Lipinski definition) is 9. The van der Waals surface area contributed by atoms with Gasteiger partial charge in [0.15, 0.2) is 0 Å². The molecule has 0 aliphatic carbocycles. The van der Waals surface area contributed by atoms with Crippen molar-refractivity contribution >= 4 is 34.5 Å². The molecule has 2 saturated heterocycles. The number of urea groups is 1. The summed E-state index contributed by atoms with van der Waals surface area (Å²) in [5, 5.41) is 6.59. The Balaban J connectivity index is 1.12. The van der Waals surface area contributed by atoms with E-state index in [1.54, 1.807) is 19.4 Å². The average molecular weight is 550 g/mol. The Morgan fingerprint density at radius 1 is 1.05 bits per heavy atom. The van der Waals surface area contributed by atoms with Gasteiger partial charge in [-0.2, -0.15) is 0 Å². The molecule has 2 fully saturated rings. The molecule has 2 aromatic heterocycles. The standard InChI is InChI=1S/C28H35N7O5/c1-2-39-28(37)29-9-14-40-22-4-5-23-24(17-22)31-19-32-26(23)20-7-10-35(11-8-20)27(36)33-21-3-6-25(30-18-21)34-12-15-38-16-13-34/h3-6,17-20H,2,7-16H2,1H3,(H,29,37)(H,33,36). The number of carbonyl (C=O) groups excluding carboxylic acids is 2. The first-order chi connectivity index (χ1) is 19.6. The number of nitrogens with zero attached hydrogens (tertiary/aromatic N) is 5. The number of anilines is 2. The molecular weight excluding hydrogens is 514 g/mol. The molecule has 212 valence electrons. The van der Waals surface area contributed by atoms with E-state index in [0.29, 0.717) is 57.5 Å².